The molecule has 0 saturated heterocycles. The van der Waals surface area contributed by atoms with Gasteiger partial charge in [0.05, 0.1) is 0 Å². The first-order valence-corrected chi connectivity index (χ1v) is 3.52. The molecule has 0 aliphatic rings. The Hall–Kier alpha value is -1.04. The van der Waals surface area contributed by atoms with E-state index in [0.29, 0.717) is 5.76 Å². The molecule has 3 nitrogen and oxygen atoms in total. The van der Waals surface area contributed by atoms with Gasteiger partial charge in [0.1, 0.15) is 5.76 Å². The summed E-state index contributed by atoms with van der Waals surface area (Å²) >= 11 is 4.84. The second-order valence-corrected chi connectivity index (χ2v) is 2.55. The first-order chi connectivity index (χ1) is 5.89. The smallest absolute Gasteiger partial charge is 0.359 e. The molecule has 1 heterocycles. The predicted molar refractivity (Wildman–Crippen MR) is 40.2 cm³/mol. The topological polar surface area (TPSA) is 38.4 Å². The lowest BCUT2D eigenvalue weighted by Crippen LogP contribution is -2.16. The standard InChI is InChI=1S/C6H4ClF3N2O/c1-3-2-4(12-13-3)11-5(7)6(8,9)10/h2H,1H3. The van der Waals surface area contributed by atoms with E-state index in [1.54, 1.807) is 0 Å². The van der Waals surface area contributed by atoms with Gasteiger partial charge in [-0.15, -0.1) is 0 Å². The van der Waals surface area contributed by atoms with Crippen molar-refractivity contribution in [1.29, 1.82) is 0 Å². The van der Waals surface area contributed by atoms with Crippen LogP contribution in [0.2, 0.25) is 0 Å². The number of aliphatic imine (C=N–C) groups is 1. The highest BCUT2D eigenvalue weighted by Gasteiger charge is 2.34. The Labute approximate surface area is 76.2 Å². The number of aryl methyl sites for hydroxylation is 1. The van der Waals surface area contributed by atoms with E-state index in [2.05, 4.69) is 14.7 Å². The fourth-order valence-electron chi connectivity index (χ4n) is 0.570. The first kappa shape index (κ1) is 10.0. The molecule has 0 radical (unpaired) electrons. The second kappa shape index (κ2) is 3.37. The zero-order valence-corrected chi connectivity index (χ0v) is 7.15. The van der Waals surface area contributed by atoms with Gasteiger partial charge in [-0.3, -0.25) is 0 Å². The molecule has 1 rings (SSSR count). The maximum absolute atomic E-state index is 11.8. The van der Waals surface area contributed by atoms with Gasteiger partial charge in [0.2, 0.25) is 5.17 Å². The molecular formula is C6H4ClF3N2O. The van der Waals surface area contributed by atoms with Crippen molar-refractivity contribution >= 4 is 22.6 Å². The van der Waals surface area contributed by atoms with Crippen LogP contribution in [-0.4, -0.2) is 16.5 Å². The minimum atomic E-state index is -4.64. The maximum Gasteiger partial charge on any atom is 0.444 e. The van der Waals surface area contributed by atoms with Crippen LogP contribution in [0.5, 0.6) is 0 Å². The quantitative estimate of drug-likeness (QED) is 0.672. The summed E-state index contributed by atoms with van der Waals surface area (Å²) in [5, 5.41) is 1.75. The Morgan fingerprint density at radius 1 is 1.62 bits per heavy atom. The Balaban J connectivity index is 2.89. The highest BCUT2D eigenvalue weighted by molar-refractivity contribution is 6.67. The second-order valence-electron chi connectivity index (χ2n) is 2.20. The van der Waals surface area contributed by atoms with Gasteiger partial charge in [0.25, 0.3) is 0 Å². The van der Waals surface area contributed by atoms with Crippen LogP contribution in [-0.2, 0) is 0 Å². The Morgan fingerprint density at radius 2 is 2.23 bits per heavy atom. The molecule has 13 heavy (non-hydrogen) atoms. The third-order valence-corrected chi connectivity index (χ3v) is 1.36. The van der Waals surface area contributed by atoms with Crippen molar-refractivity contribution in [1.82, 2.24) is 5.16 Å². The van der Waals surface area contributed by atoms with E-state index in [9.17, 15) is 13.2 Å². The van der Waals surface area contributed by atoms with Crippen molar-refractivity contribution in [2.45, 2.75) is 13.1 Å². The van der Waals surface area contributed by atoms with E-state index in [4.69, 9.17) is 11.6 Å². The van der Waals surface area contributed by atoms with E-state index >= 15 is 0 Å². The molecule has 1 aromatic rings. The molecular weight excluding hydrogens is 209 g/mol. The molecule has 1 aromatic heterocycles. The summed E-state index contributed by atoms with van der Waals surface area (Å²) in [6.07, 6.45) is -4.64. The van der Waals surface area contributed by atoms with Crippen LogP contribution in [0.15, 0.2) is 15.6 Å². The summed E-state index contributed by atoms with van der Waals surface area (Å²) in [7, 11) is 0. The number of halogens is 4. The van der Waals surface area contributed by atoms with Gasteiger partial charge in [-0.1, -0.05) is 16.8 Å². The van der Waals surface area contributed by atoms with Gasteiger partial charge in [-0.25, -0.2) is 4.99 Å². The van der Waals surface area contributed by atoms with Crippen LogP contribution >= 0.6 is 11.6 Å². The van der Waals surface area contributed by atoms with Crippen LogP contribution < -0.4 is 0 Å². The Morgan fingerprint density at radius 3 is 2.62 bits per heavy atom. The van der Waals surface area contributed by atoms with Gasteiger partial charge < -0.3 is 4.52 Å². The lowest BCUT2D eigenvalue weighted by molar-refractivity contribution is -0.0558. The minimum Gasteiger partial charge on any atom is -0.359 e. The molecule has 0 amide bonds. The average Bonchev–Trinajstić information content (AvgIpc) is 2.33. The number of hydrogen-bond donors (Lipinski definition) is 0. The van der Waals surface area contributed by atoms with Crippen LogP contribution in [0.1, 0.15) is 5.76 Å². The van der Waals surface area contributed by atoms with Crippen molar-refractivity contribution < 1.29 is 17.7 Å². The van der Waals surface area contributed by atoms with Gasteiger partial charge in [-0.05, 0) is 6.92 Å². The number of aromatic nitrogens is 1. The van der Waals surface area contributed by atoms with Crippen molar-refractivity contribution in [2.24, 2.45) is 4.99 Å². The van der Waals surface area contributed by atoms with Crippen molar-refractivity contribution in [2.75, 3.05) is 0 Å². The van der Waals surface area contributed by atoms with Crippen LogP contribution in [0, 0.1) is 6.92 Å². The first-order valence-electron chi connectivity index (χ1n) is 3.14. The molecule has 0 saturated carbocycles. The largest absolute Gasteiger partial charge is 0.444 e. The molecule has 0 aromatic carbocycles. The number of alkyl halides is 3. The molecule has 7 heteroatoms. The molecule has 0 N–H and O–H groups in total. The van der Waals surface area contributed by atoms with Crippen LogP contribution in [0.3, 0.4) is 0 Å². The lowest BCUT2D eigenvalue weighted by Gasteiger charge is -2.00. The van der Waals surface area contributed by atoms with Crippen molar-refractivity contribution in [3.05, 3.63) is 11.8 Å². The third-order valence-electron chi connectivity index (χ3n) is 1.06. The van der Waals surface area contributed by atoms with Crippen LogP contribution in [0.4, 0.5) is 19.0 Å². The van der Waals surface area contributed by atoms with E-state index in [1.165, 1.54) is 13.0 Å². The molecule has 0 bridgehead atoms. The van der Waals surface area contributed by atoms with E-state index in [1.807, 2.05) is 0 Å². The van der Waals surface area contributed by atoms with E-state index in [0.717, 1.165) is 0 Å². The Bertz CT molecular complexity index is 331. The normalized spacial score (nSPS) is 13.5. The van der Waals surface area contributed by atoms with Crippen molar-refractivity contribution in [3.8, 4) is 0 Å². The summed E-state index contributed by atoms with van der Waals surface area (Å²) in [6, 6.07) is 1.24. The monoisotopic (exact) mass is 212 g/mol. The summed E-state index contributed by atoms with van der Waals surface area (Å²) in [5.74, 6) is 0.171. The van der Waals surface area contributed by atoms with E-state index < -0.39 is 11.3 Å². The van der Waals surface area contributed by atoms with Gasteiger partial charge >= 0.3 is 6.18 Å². The Kier molecular flexibility index (Phi) is 2.60. The molecule has 72 valence electrons. The highest BCUT2D eigenvalue weighted by Crippen LogP contribution is 2.23. The number of hydrogen-bond acceptors (Lipinski definition) is 3. The highest BCUT2D eigenvalue weighted by atomic mass is 35.5. The fourth-order valence-corrected chi connectivity index (χ4v) is 0.657. The molecule has 0 aliphatic heterocycles. The SMILES string of the molecule is Cc1cc(N=C(Cl)C(F)(F)F)no1. The maximum atomic E-state index is 11.8. The average molecular weight is 213 g/mol. The summed E-state index contributed by atoms with van der Waals surface area (Å²) in [5.41, 5.74) is 0. The zero-order valence-electron chi connectivity index (χ0n) is 6.39. The summed E-state index contributed by atoms with van der Waals surface area (Å²) in [4.78, 5) is 3.00. The fraction of sp³-hybridized carbons (Fsp3) is 0.333. The van der Waals surface area contributed by atoms with Gasteiger partial charge in [-0.2, -0.15) is 13.2 Å². The third kappa shape index (κ3) is 2.73. The summed E-state index contributed by atoms with van der Waals surface area (Å²) < 4.78 is 40.0. The molecule has 0 atom stereocenters. The number of nitrogens with zero attached hydrogens (tertiary/aromatic N) is 2. The zero-order chi connectivity index (χ0) is 10.1. The van der Waals surface area contributed by atoms with Crippen LogP contribution in [0.25, 0.3) is 0 Å². The predicted octanol–water partition coefficient (Wildman–Crippen LogP) is 2.81. The van der Waals surface area contributed by atoms with E-state index in [-0.39, 0.29) is 5.82 Å². The molecule has 0 unspecified atom stereocenters. The van der Waals surface area contributed by atoms with Gasteiger partial charge in [0.15, 0.2) is 5.82 Å². The minimum absolute atomic E-state index is 0.195. The van der Waals surface area contributed by atoms with Gasteiger partial charge in [0, 0.05) is 6.07 Å². The molecule has 0 spiro atoms. The lowest BCUT2D eigenvalue weighted by atomic mass is 10.5. The summed E-state index contributed by atoms with van der Waals surface area (Å²) in [6.45, 7) is 1.54. The molecule has 0 aliphatic carbocycles. The number of rotatable bonds is 1. The van der Waals surface area contributed by atoms with Crippen molar-refractivity contribution in [3.63, 3.8) is 0 Å². The molecule has 0 fully saturated rings.